The molecule has 1 aromatic rings. The minimum absolute atomic E-state index is 0.258. The topological polar surface area (TPSA) is 79.0 Å². The van der Waals surface area contributed by atoms with Gasteiger partial charge in [-0.1, -0.05) is 12.1 Å². The molecule has 7 heteroatoms. The van der Waals surface area contributed by atoms with Gasteiger partial charge in [-0.05, 0) is 25.0 Å². The molecule has 0 aromatic heterocycles. The average molecular weight is 303 g/mol. The fourth-order valence-corrected chi connectivity index (χ4v) is 2.46. The number of para-hydroxylation sites is 2. The molecule has 0 radical (unpaired) electrons. The van der Waals surface area contributed by atoms with E-state index in [1.54, 1.807) is 29.2 Å². The fourth-order valence-electron chi connectivity index (χ4n) is 2.46. The molecule has 1 aliphatic heterocycles. The lowest BCUT2D eigenvalue weighted by molar-refractivity contribution is -0.131. The SMILES string of the molecule is CC(=O)Oc1ccccc1NC(=O)N1CCN(C2CC2)C1=O. The molecule has 4 amide bonds. The molecule has 1 N–H and O–H groups in total. The second-order valence-electron chi connectivity index (χ2n) is 5.38. The van der Waals surface area contributed by atoms with Gasteiger partial charge in [0.2, 0.25) is 0 Å². The van der Waals surface area contributed by atoms with Gasteiger partial charge in [0.25, 0.3) is 0 Å². The zero-order valence-corrected chi connectivity index (χ0v) is 12.2. The van der Waals surface area contributed by atoms with E-state index < -0.39 is 12.0 Å². The van der Waals surface area contributed by atoms with Gasteiger partial charge in [0, 0.05) is 26.1 Å². The van der Waals surface area contributed by atoms with Gasteiger partial charge in [0.15, 0.2) is 5.75 Å². The number of nitrogens with one attached hydrogen (secondary N) is 1. The molecule has 0 atom stereocenters. The van der Waals surface area contributed by atoms with Crippen molar-refractivity contribution in [2.24, 2.45) is 0 Å². The number of amides is 4. The van der Waals surface area contributed by atoms with Crippen LogP contribution in [0.5, 0.6) is 5.75 Å². The van der Waals surface area contributed by atoms with Gasteiger partial charge in [-0.25, -0.2) is 14.5 Å². The van der Waals surface area contributed by atoms with E-state index in [0.29, 0.717) is 24.8 Å². The number of anilines is 1. The number of urea groups is 2. The summed E-state index contributed by atoms with van der Waals surface area (Å²) in [6.07, 6.45) is 2.02. The first-order valence-corrected chi connectivity index (χ1v) is 7.23. The lowest BCUT2D eigenvalue weighted by Gasteiger charge is -2.18. The summed E-state index contributed by atoms with van der Waals surface area (Å²) >= 11 is 0. The molecule has 1 heterocycles. The van der Waals surface area contributed by atoms with Gasteiger partial charge in [-0.3, -0.25) is 4.79 Å². The van der Waals surface area contributed by atoms with E-state index in [1.807, 2.05) is 0 Å². The van der Waals surface area contributed by atoms with E-state index in [-0.39, 0.29) is 11.8 Å². The van der Waals surface area contributed by atoms with Crippen LogP contribution in [0.25, 0.3) is 0 Å². The second kappa shape index (κ2) is 5.67. The number of esters is 1. The number of ether oxygens (including phenoxy) is 1. The highest BCUT2D eigenvalue weighted by Gasteiger charge is 2.41. The van der Waals surface area contributed by atoms with E-state index in [0.717, 1.165) is 12.8 Å². The van der Waals surface area contributed by atoms with Crippen LogP contribution in [0.4, 0.5) is 15.3 Å². The molecule has 1 saturated heterocycles. The van der Waals surface area contributed by atoms with Gasteiger partial charge in [0.05, 0.1) is 5.69 Å². The van der Waals surface area contributed by atoms with E-state index in [4.69, 9.17) is 4.74 Å². The van der Waals surface area contributed by atoms with E-state index in [2.05, 4.69) is 5.32 Å². The van der Waals surface area contributed by atoms with Gasteiger partial charge in [0.1, 0.15) is 0 Å². The summed E-state index contributed by atoms with van der Waals surface area (Å²) in [5.41, 5.74) is 0.361. The van der Waals surface area contributed by atoms with Crippen molar-refractivity contribution >= 4 is 23.7 Å². The molecule has 0 bridgehead atoms. The average Bonchev–Trinajstić information content (AvgIpc) is 3.23. The number of nitrogens with zero attached hydrogens (tertiary/aromatic N) is 2. The normalized spacial score (nSPS) is 17.6. The van der Waals surface area contributed by atoms with Crippen LogP contribution in [0.15, 0.2) is 24.3 Å². The van der Waals surface area contributed by atoms with Crippen molar-refractivity contribution in [1.82, 2.24) is 9.80 Å². The molecule has 7 nitrogen and oxygen atoms in total. The largest absolute Gasteiger partial charge is 0.424 e. The first kappa shape index (κ1) is 14.4. The Labute approximate surface area is 127 Å². The first-order valence-electron chi connectivity index (χ1n) is 7.23. The standard InChI is InChI=1S/C15H17N3O4/c1-10(19)22-13-5-3-2-4-12(13)16-14(20)18-9-8-17(15(18)21)11-6-7-11/h2-5,11H,6-9H2,1H3,(H,16,20). The molecule has 0 spiro atoms. The van der Waals surface area contributed by atoms with Crippen molar-refractivity contribution in [1.29, 1.82) is 0 Å². The number of imide groups is 1. The molecule has 1 aliphatic carbocycles. The fraction of sp³-hybridized carbons (Fsp3) is 0.400. The predicted octanol–water partition coefficient (Wildman–Crippen LogP) is 2.04. The highest BCUT2D eigenvalue weighted by molar-refractivity contribution is 6.02. The van der Waals surface area contributed by atoms with Crippen LogP contribution in [0.1, 0.15) is 19.8 Å². The smallest absolute Gasteiger partial charge is 0.330 e. The van der Waals surface area contributed by atoms with Crippen molar-refractivity contribution in [2.45, 2.75) is 25.8 Å². The van der Waals surface area contributed by atoms with Crippen molar-refractivity contribution in [3.63, 3.8) is 0 Å². The molecule has 1 aromatic carbocycles. The Kier molecular flexibility index (Phi) is 3.70. The van der Waals surface area contributed by atoms with E-state index >= 15 is 0 Å². The summed E-state index contributed by atoms with van der Waals surface area (Å²) in [5.74, 6) is -0.215. The molecule has 116 valence electrons. The Bertz CT molecular complexity index is 627. The Morgan fingerprint density at radius 3 is 2.64 bits per heavy atom. The van der Waals surface area contributed by atoms with E-state index in [1.165, 1.54) is 11.8 Å². The lowest BCUT2D eigenvalue weighted by atomic mass is 10.3. The number of hydrogen-bond acceptors (Lipinski definition) is 4. The summed E-state index contributed by atoms with van der Waals surface area (Å²) in [6, 6.07) is 6.14. The Hall–Kier alpha value is -2.57. The molecular formula is C15H17N3O4. The maximum absolute atomic E-state index is 12.3. The molecule has 2 fully saturated rings. The highest BCUT2D eigenvalue weighted by atomic mass is 16.5. The summed E-state index contributed by atoms with van der Waals surface area (Å²) in [4.78, 5) is 38.5. The summed E-state index contributed by atoms with van der Waals surface area (Å²) in [6.45, 7) is 2.23. The quantitative estimate of drug-likeness (QED) is 0.684. The van der Waals surface area contributed by atoms with Crippen LogP contribution in [-0.2, 0) is 4.79 Å². The lowest BCUT2D eigenvalue weighted by Crippen LogP contribution is -2.39. The molecule has 3 rings (SSSR count). The maximum atomic E-state index is 12.3. The van der Waals surface area contributed by atoms with Crippen LogP contribution in [0.3, 0.4) is 0 Å². The number of carbonyl (C=O) groups excluding carboxylic acids is 3. The van der Waals surface area contributed by atoms with Crippen molar-refractivity contribution in [3.05, 3.63) is 24.3 Å². The predicted molar refractivity (Wildman–Crippen MR) is 78.6 cm³/mol. The van der Waals surface area contributed by atoms with Crippen LogP contribution < -0.4 is 10.1 Å². The Morgan fingerprint density at radius 1 is 1.23 bits per heavy atom. The van der Waals surface area contributed by atoms with Gasteiger partial charge >= 0.3 is 18.0 Å². The van der Waals surface area contributed by atoms with Crippen LogP contribution in [-0.4, -0.2) is 47.0 Å². The number of carbonyl (C=O) groups is 3. The minimum atomic E-state index is -0.507. The molecule has 2 aliphatic rings. The second-order valence-corrected chi connectivity index (χ2v) is 5.38. The van der Waals surface area contributed by atoms with Crippen LogP contribution in [0, 0.1) is 0 Å². The first-order chi connectivity index (χ1) is 10.6. The summed E-state index contributed by atoms with van der Waals surface area (Å²) in [7, 11) is 0. The van der Waals surface area contributed by atoms with Crippen molar-refractivity contribution in [3.8, 4) is 5.75 Å². The molecule has 1 saturated carbocycles. The zero-order chi connectivity index (χ0) is 15.7. The Balaban J connectivity index is 1.69. The van der Waals surface area contributed by atoms with E-state index in [9.17, 15) is 14.4 Å². The van der Waals surface area contributed by atoms with Crippen molar-refractivity contribution in [2.75, 3.05) is 18.4 Å². The van der Waals surface area contributed by atoms with Crippen molar-refractivity contribution < 1.29 is 19.1 Å². The number of hydrogen-bond donors (Lipinski definition) is 1. The Morgan fingerprint density at radius 2 is 1.95 bits per heavy atom. The molecular weight excluding hydrogens is 286 g/mol. The van der Waals surface area contributed by atoms with Gasteiger partial charge < -0.3 is 15.0 Å². The third-order valence-electron chi connectivity index (χ3n) is 3.66. The third kappa shape index (κ3) is 2.88. The monoisotopic (exact) mass is 303 g/mol. The van der Waals surface area contributed by atoms with Crippen LogP contribution >= 0.6 is 0 Å². The molecule has 0 unspecified atom stereocenters. The minimum Gasteiger partial charge on any atom is -0.424 e. The highest BCUT2D eigenvalue weighted by Crippen LogP contribution is 2.30. The summed E-state index contributed by atoms with van der Waals surface area (Å²) < 4.78 is 5.04. The van der Waals surface area contributed by atoms with Crippen LogP contribution in [0.2, 0.25) is 0 Å². The molecule has 22 heavy (non-hydrogen) atoms. The van der Waals surface area contributed by atoms with Gasteiger partial charge in [-0.15, -0.1) is 0 Å². The summed E-state index contributed by atoms with van der Waals surface area (Å²) in [5, 5.41) is 2.63. The third-order valence-corrected chi connectivity index (χ3v) is 3.66. The maximum Gasteiger partial charge on any atom is 0.330 e. The number of rotatable bonds is 3. The number of benzene rings is 1. The van der Waals surface area contributed by atoms with Gasteiger partial charge in [-0.2, -0.15) is 0 Å². The zero-order valence-electron chi connectivity index (χ0n) is 12.2.